The lowest BCUT2D eigenvalue weighted by molar-refractivity contribution is 0.0929. The lowest BCUT2D eigenvalue weighted by atomic mass is 10.1. The van der Waals surface area contributed by atoms with Crippen LogP contribution in [0.1, 0.15) is 28.9 Å². The number of nitrogens with zero attached hydrogens (tertiary/aromatic N) is 1. The normalized spacial score (nSPS) is 21.6. The summed E-state index contributed by atoms with van der Waals surface area (Å²) in [6.45, 7) is 0.297. The van der Waals surface area contributed by atoms with Crippen LogP contribution in [0.15, 0.2) is 18.3 Å². The molecule has 1 amide bonds. The summed E-state index contributed by atoms with van der Waals surface area (Å²) in [4.78, 5) is 16.1. The molecule has 0 radical (unpaired) electrons. The van der Waals surface area contributed by atoms with Crippen molar-refractivity contribution in [2.24, 2.45) is 5.73 Å². The van der Waals surface area contributed by atoms with Gasteiger partial charge in [-0.05, 0) is 25.0 Å². The minimum absolute atomic E-state index is 0.0960. The van der Waals surface area contributed by atoms with Crippen LogP contribution in [-0.2, 0) is 10.8 Å². The molecule has 0 atom stereocenters. The third-order valence-corrected chi connectivity index (χ3v) is 4.44. The molecule has 1 aliphatic heterocycles. The van der Waals surface area contributed by atoms with Gasteiger partial charge in [0.1, 0.15) is 5.69 Å². The van der Waals surface area contributed by atoms with Gasteiger partial charge >= 0.3 is 0 Å². The van der Waals surface area contributed by atoms with Crippen molar-refractivity contribution in [3.63, 3.8) is 0 Å². The van der Waals surface area contributed by atoms with Gasteiger partial charge < -0.3 is 11.1 Å². The van der Waals surface area contributed by atoms with Gasteiger partial charge in [0, 0.05) is 40.1 Å². The first-order valence-corrected chi connectivity index (χ1v) is 7.98. The summed E-state index contributed by atoms with van der Waals surface area (Å²) in [5, 5.41) is 2.93. The zero-order valence-corrected chi connectivity index (χ0v) is 11.9. The maximum Gasteiger partial charge on any atom is 0.270 e. The summed E-state index contributed by atoms with van der Waals surface area (Å²) in [5.74, 6) is 6.71. The van der Waals surface area contributed by atoms with E-state index in [9.17, 15) is 9.00 Å². The number of carbonyl (C=O) groups excluding carboxylic acids is 1. The number of hydrogen-bond acceptors (Lipinski definition) is 4. The number of nitrogens with two attached hydrogens (primary N) is 1. The Labute approximate surface area is 120 Å². The fourth-order valence-electron chi connectivity index (χ4n) is 1.95. The van der Waals surface area contributed by atoms with Gasteiger partial charge in [-0.15, -0.1) is 0 Å². The lowest BCUT2D eigenvalue weighted by Crippen LogP contribution is -2.39. The van der Waals surface area contributed by atoms with E-state index in [4.69, 9.17) is 5.73 Å². The average molecular weight is 291 g/mol. The Balaban J connectivity index is 1.93. The number of rotatable bonds is 2. The molecule has 2 rings (SSSR count). The Morgan fingerprint density at radius 1 is 1.45 bits per heavy atom. The first kappa shape index (κ1) is 14.7. The molecule has 1 fully saturated rings. The quantitative estimate of drug-likeness (QED) is 0.753. The predicted molar refractivity (Wildman–Crippen MR) is 78.5 cm³/mol. The van der Waals surface area contributed by atoms with Crippen molar-refractivity contribution in [3.8, 4) is 11.8 Å². The molecule has 0 bridgehead atoms. The number of pyridine rings is 1. The van der Waals surface area contributed by atoms with Crippen LogP contribution in [0.25, 0.3) is 0 Å². The molecule has 0 saturated carbocycles. The van der Waals surface area contributed by atoms with Gasteiger partial charge in [0.15, 0.2) is 0 Å². The second-order valence-electron chi connectivity index (χ2n) is 4.53. The van der Waals surface area contributed by atoms with E-state index in [0.29, 0.717) is 23.7 Å². The van der Waals surface area contributed by atoms with Crippen molar-refractivity contribution in [1.82, 2.24) is 10.3 Å². The summed E-state index contributed by atoms with van der Waals surface area (Å²) in [5.41, 5.74) is 6.40. The number of aromatic nitrogens is 1. The molecular formula is C14H17N3O2S. The lowest BCUT2D eigenvalue weighted by Gasteiger charge is -2.22. The summed E-state index contributed by atoms with van der Waals surface area (Å²) < 4.78 is 11.3. The molecule has 0 spiro atoms. The smallest absolute Gasteiger partial charge is 0.270 e. The molecule has 0 aliphatic carbocycles. The molecule has 1 aromatic rings. The van der Waals surface area contributed by atoms with E-state index in [0.717, 1.165) is 18.4 Å². The van der Waals surface area contributed by atoms with E-state index in [2.05, 4.69) is 22.1 Å². The van der Waals surface area contributed by atoms with Crippen molar-refractivity contribution in [1.29, 1.82) is 0 Å². The Morgan fingerprint density at radius 3 is 2.80 bits per heavy atom. The van der Waals surface area contributed by atoms with E-state index in [1.165, 1.54) is 0 Å². The van der Waals surface area contributed by atoms with Crippen LogP contribution in [0.2, 0.25) is 0 Å². The summed E-state index contributed by atoms with van der Waals surface area (Å²) in [6, 6.07) is 3.50. The third kappa shape index (κ3) is 4.15. The molecule has 3 N–H and O–H groups in total. The molecule has 1 aliphatic rings. The van der Waals surface area contributed by atoms with Crippen LogP contribution in [0.3, 0.4) is 0 Å². The van der Waals surface area contributed by atoms with E-state index >= 15 is 0 Å². The molecular weight excluding hydrogens is 274 g/mol. The van der Waals surface area contributed by atoms with Gasteiger partial charge in [-0.2, -0.15) is 0 Å². The van der Waals surface area contributed by atoms with Crippen LogP contribution >= 0.6 is 0 Å². The molecule has 20 heavy (non-hydrogen) atoms. The standard InChI is InChI=1S/C14H17N3O2S/c15-7-1-2-11-3-4-13(16-10-11)14(18)17-12-5-8-20(19)9-6-12/h3-4,10,12H,5-9,15H2,(H,17,18). The van der Waals surface area contributed by atoms with Crippen molar-refractivity contribution >= 4 is 16.7 Å². The van der Waals surface area contributed by atoms with Crippen LogP contribution in [0, 0.1) is 11.8 Å². The van der Waals surface area contributed by atoms with Gasteiger partial charge in [-0.3, -0.25) is 9.00 Å². The fraction of sp³-hybridized carbons (Fsp3) is 0.429. The second kappa shape index (κ2) is 7.17. The summed E-state index contributed by atoms with van der Waals surface area (Å²) >= 11 is 0. The van der Waals surface area contributed by atoms with E-state index < -0.39 is 10.8 Å². The minimum atomic E-state index is -0.719. The molecule has 0 aromatic carbocycles. The molecule has 106 valence electrons. The van der Waals surface area contributed by atoms with E-state index in [-0.39, 0.29) is 11.9 Å². The highest BCUT2D eigenvalue weighted by atomic mass is 32.2. The topological polar surface area (TPSA) is 85.1 Å². The molecule has 5 nitrogen and oxygen atoms in total. The predicted octanol–water partition coefficient (Wildman–Crippen LogP) is 0.0327. The zero-order chi connectivity index (χ0) is 14.4. The Bertz CT molecular complexity index is 550. The minimum Gasteiger partial charge on any atom is -0.348 e. The first-order valence-electron chi connectivity index (χ1n) is 6.50. The van der Waals surface area contributed by atoms with Crippen LogP contribution in [0.5, 0.6) is 0 Å². The molecule has 1 saturated heterocycles. The molecule has 6 heteroatoms. The van der Waals surface area contributed by atoms with Crippen molar-refractivity contribution in [2.75, 3.05) is 18.1 Å². The Morgan fingerprint density at radius 2 is 2.20 bits per heavy atom. The number of hydrogen-bond donors (Lipinski definition) is 2. The van der Waals surface area contributed by atoms with Gasteiger partial charge in [0.25, 0.3) is 5.91 Å². The second-order valence-corrected chi connectivity index (χ2v) is 6.23. The third-order valence-electron chi connectivity index (χ3n) is 3.05. The maximum atomic E-state index is 12.0. The van der Waals surface area contributed by atoms with Crippen molar-refractivity contribution in [3.05, 3.63) is 29.6 Å². The fourth-order valence-corrected chi connectivity index (χ4v) is 3.25. The maximum absolute atomic E-state index is 12.0. The first-order chi connectivity index (χ1) is 9.69. The number of amides is 1. The van der Waals surface area contributed by atoms with Crippen LogP contribution in [0.4, 0.5) is 0 Å². The SMILES string of the molecule is NCC#Cc1ccc(C(=O)NC2CCS(=O)CC2)nc1. The van der Waals surface area contributed by atoms with Crippen molar-refractivity contribution in [2.45, 2.75) is 18.9 Å². The van der Waals surface area contributed by atoms with Crippen molar-refractivity contribution < 1.29 is 9.00 Å². The Hall–Kier alpha value is -1.71. The van der Waals surface area contributed by atoms with Gasteiger partial charge in [0.2, 0.25) is 0 Å². The molecule has 1 aromatic heterocycles. The zero-order valence-electron chi connectivity index (χ0n) is 11.1. The summed E-state index contributed by atoms with van der Waals surface area (Å²) in [6.07, 6.45) is 3.09. The Kier molecular flexibility index (Phi) is 5.27. The highest BCUT2D eigenvalue weighted by Gasteiger charge is 2.20. The molecule has 0 unspecified atom stereocenters. The van der Waals surface area contributed by atoms with Gasteiger partial charge in [-0.1, -0.05) is 11.8 Å². The van der Waals surface area contributed by atoms with Gasteiger partial charge in [0.05, 0.1) is 6.54 Å². The monoisotopic (exact) mass is 291 g/mol. The van der Waals surface area contributed by atoms with E-state index in [1.807, 2.05) is 0 Å². The van der Waals surface area contributed by atoms with Gasteiger partial charge in [-0.25, -0.2) is 4.98 Å². The average Bonchev–Trinajstić information content (AvgIpc) is 2.48. The summed E-state index contributed by atoms with van der Waals surface area (Å²) in [7, 11) is -0.719. The highest BCUT2D eigenvalue weighted by molar-refractivity contribution is 7.85. The largest absolute Gasteiger partial charge is 0.348 e. The van der Waals surface area contributed by atoms with Crippen LogP contribution < -0.4 is 11.1 Å². The highest BCUT2D eigenvalue weighted by Crippen LogP contribution is 2.10. The van der Waals surface area contributed by atoms with E-state index in [1.54, 1.807) is 18.3 Å². The van der Waals surface area contributed by atoms with Crippen LogP contribution in [-0.4, -0.2) is 39.2 Å². The molecule has 2 heterocycles. The number of nitrogens with one attached hydrogen (secondary N) is 1. The number of carbonyl (C=O) groups is 1.